The van der Waals surface area contributed by atoms with Crippen molar-refractivity contribution in [1.29, 1.82) is 0 Å². The fraction of sp³-hybridized carbons (Fsp3) is 0.150. The van der Waals surface area contributed by atoms with Crippen LogP contribution < -0.4 is 5.63 Å². The van der Waals surface area contributed by atoms with Crippen molar-refractivity contribution in [2.75, 3.05) is 0 Å². The molecule has 3 heterocycles. The molecule has 0 aliphatic carbocycles. The van der Waals surface area contributed by atoms with Crippen LogP contribution in [0.15, 0.2) is 68.0 Å². The van der Waals surface area contributed by atoms with Crippen LogP contribution in [0.1, 0.15) is 11.1 Å². The molecule has 142 valence electrons. The SMILES string of the molecule is C=CCn1c(SCc2cc(=O)oc3cc(C)c(Cl)cc23)nnc1-c1ccco1. The van der Waals surface area contributed by atoms with E-state index in [1.807, 2.05) is 23.6 Å². The summed E-state index contributed by atoms with van der Waals surface area (Å²) in [5.41, 5.74) is 1.81. The molecule has 0 aliphatic heterocycles. The third-order valence-corrected chi connectivity index (χ3v) is 5.66. The summed E-state index contributed by atoms with van der Waals surface area (Å²) in [4.78, 5) is 12.0. The van der Waals surface area contributed by atoms with E-state index in [4.69, 9.17) is 20.4 Å². The molecule has 0 unspecified atom stereocenters. The largest absolute Gasteiger partial charge is 0.461 e. The van der Waals surface area contributed by atoms with Crippen molar-refractivity contribution in [3.63, 3.8) is 0 Å². The van der Waals surface area contributed by atoms with Gasteiger partial charge in [0.05, 0.1) is 6.26 Å². The Hall–Kier alpha value is -2.77. The highest BCUT2D eigenvalue weighted by molar-refractivity contribution is 7.98. The second-order valence-electron chi connectivity index (χ2n) is 6.16. The minimum atomic E-state index is -0.395. The van der Waals surface area contributed by atoms with Crippen LogP contribution in [0.4, 0.5) is 0 Å². The van der Waals surface area contributed by atoms with Crippen LogP contribution in [0.25, 0.3) is 22.6 Å². The van der Waals surface area contributed by atoms with Crippen LogP contribution in [0.3, 0.4) is 0 Å². The predicted octanol–water partition coefficient (Wildman–Crippen LogP) is 5.08. The smallest absolute Gasteiger partial charge is 0.336 e. The zero-order valence-electron chi connectivity index (χ0n) is 15.0. The van der Waals surface area contributed by atoms with E-state index in [1.54, 1.807) is 24.5 Å². The quantitative estimate of drug-likeness (QED) is 0.249. The molecular formula is C20H16ClN3O3S. The van der Waals surface area contributed by atoms with E-state index in [2.05, 4.69) is 16.8 Å². The average Bonchev–Trinajstić information content (AvgIpc) is 3.31. The van der Waals surface area contributed by atoms with Gasteiger partial charge in [-0.1, -0.05) is 29.4 Å². The Balaban J connectivity index is 1.69. The minimum Gasteiger partial charge on any atom is -0.461 e. The number of furan rings is 1. The highest BCUT2D eigenvalue weighted by Crippen LogP contribution is 2.30. The lowest BCUT2D eigenvalue weighted by Crippen LogP contribution is -2.02. The van der Waals surface area contributed by atoms with Crippen LogP contribution in [0, 0.1) is 6.92 Å². The van der Waals surface area contributed by atoms with Gasteiger partial charge in [0, 0.05) is 28.8 Å². The van der Waals surface area contributed by atoms with Crippen molar-refractivity contribution < 1.29 is 8.83 Å². The molecule has 4 rings (SSSR count). The zero-order chi connectivity index (χ0) is 19.7. The zero-order valence-corrected chi connectivity index (χ0v) is 16.6. The van der Waals surface area contributed by atoms with Gasteiger partial charge in [0.15, 0.2) is 10.9 Å². The Morgan fingerprint density at radius 2 is 2.18 bits per heavy atom. The fourth-order valence-corrected chi connectivity index (χ4v) is 3.99. The van der Waals surface area contributed by atoms with Crippen LogP contribution in [-0.4, -0.2) is 14.8 Å². The molecule has 0 saturated heterocycles. The molecule has 0 atom stereocenters. The van der Waals surface area contributed by atoms with Gasteiger partial charge in [-0.15, -0.1) is 16.8 Å². The summed E-state index contributed by atoms with van der Waals surface area (Å²) < 4.78 is 12.7. The first-order valence-electron chi connectivity index (χ1n) is 8.50. The van der Waals surface area contributed by atoms with Crippen molar-refractivity contribution in [1.82, 2.24) is 14.8 Å². The molecular weight excluding hydrogens is 398 g/mol. The van der Waals surface area contributed by atoms with Crippen LogP contribution in [-0.2, 0) is 12.3 Å². The molecule has 0 amide bonds. The maximum atomic E-state index is 12.0. The molecule has 3 aromatic heterocycles. The number of nitrogens with zero attached hydrogens (tertiary/aromatic N) is 3. The number of halogens is 1. The summed E-state index contributed by atoms with van der Waals surface area (Å²) in [6, 6.07) is 8.73. The normalized spacial score (nSPS) is 11.2. The topological polar surface area (TPSA) is 74.1 Å². The Morgan fingerprint density at radius 1 is 1.32 bits per heavy atom. The van der Waals surface area contributed by atoms with E-state index in [0.29, 0.717) is 39.6 Å². The number of rotatable bonds is 6. The van der Waals surface area contributed by atoms with Crippen molar-refractivity contribution in [2.24, 2.45) is 0 Å². The van der Waals surface area contributed by atoms with E-state index in [-0.39, 0.29) is 0 Å². The van der Waals surface area contributed by atoms with E-state index < -0.39 is 5.63 Å². The first-order chi connectivity index (χ1) is 13.6. The van der Waals surface area contributed by atoms with E-state index in [9.17, 15) is 4.79 Å². The molecule has 0 aliphatic rings. The lowest BCUT2D eigenvalue weighted by Gasteiger charge is -2.08. The molecule has 0 saturated carbocycles. The predicted molar refractivity (Wildman–Crippen MR) is 110 cm³/mol. The van der Waals surface area contributed by atoms with Crippen molar-refractivity contribution >= 4 is 34.3 Å². The number of thioether (sulfide) groups is 1. The lowest BCUT2D eigenvalue weighted by atomic mass is 10.1. The molecule has 0 fully saturated rings. The van der Waals surface area contributed by atoms with Gasteiger partial charge < -0.3 is 8.83 Å². The van der Waals surface area contributed by atoms with Crippen molar-refractivity contribution in [3.8, 4) is 11.6 Å². The number of hydrogen-bond donors (Lipinski definition) is 0. The van der Waals surface area contributed by atoms with Gasteiger partial charge in [0.1, 0.15) is 5.58 Å². The van der Waals surface area contributed by atoms with Crippen LogP contribution >= 0.6 is 23.4 Å². The number of fused-ring (bicyclic) bond motifs is 1. The molecule has 0 spiro atoms. The van der Waals surface area contributed by atoms with Gasteiger partial charge in [0.2, 0.25) is 5.82 Å². The Morgan fingerprint density at radius 3 is 2.93 bits per heavy atom. The van der Waals surface area contributed by atoms with E-state index in [1.165, 1.54) is 17.8 Å². The summed E-state index contributed by atoms with van der Waals surface area (Å²) in [7, 11) is 0. The second kappa shape index (κ2) is 7.69. The Kier molecular flexibility index (Phi) is 5.11. The average molecular weight is 414 g/mol. The number of aromatic nitrogens is 3. The standard InChI is InChI=1S/C20H16ClN3O3S/c1-3-6-24-19(16-5-4-7-26-16)22-23-20(24)28-11-13-9-18(25)27-17-8-12(2)15(21)10-14(13)17/h3-5,7-10H,1,6,11H2,2H3. The van der Waals surface area contributed by atoms with Gasteiger partial charge in [-0.2, -0.15) is 0 Å². The second-order valence-corrected chi connectivity index (χ2v) is 7.51. The van der Waals surface area contributed by atoms with E-state index in [0.717, 1.165) is 16.5 Å². The summed E-state index contributed by atoms with van der Waals surface area (Å²) in [6.07, 6.45) is 3.37. The summed E-state index contributed by atoms with van der Waals surface area (Å²) in [5.74, 6) is 1.77. The number of allylic oxidation sites excluding steroid dienone is 1. The van der Waals surface area contributed by atoms with Gasteiger partial charge in [0.25, 0.3) is 0 Å². The van der Waals surface area contributed by atoms with Crippen molar-refractivity contribution in [3.05, 3.63) is 75.8 Å². The summed E-state index contributed by atoms with van der Waals surface area (Å²) in [5, 5.41) is 10.7. The maximum absolute atomic E-state index is 12.0. The van der Waals surface area contributed by atoms with Gasteiger partial charge in [-0.25, -0.2) is 4.79 Å². The fourth-order valence-electron chi connectivity index (χ4n) is 2.89. The third-order valence-electron chi connectivity index (χ3n) is 4.24. The molecule has 0 bridgehead atoms. The number of hydrogen-bond acceptors (Lipinski definition) is 6. The molecule has 8 heteroatoms. The summed E-state index contributed by atoms with van der Waals surface area (Å²) >= 11 is 7.74. The van der Waals surface area contributed by atoms with Crippen LogP contribution in [0.5, 0.6) is 0 Å². The highest BCUT2D eigenvalue weighted by Gasteiger charge is 2.16. The number of aryl methyl sites for hydroxylation is 1. The first kappa shape index (κ1) is 18.6. The minimum absolute atomic E-state index is 0.395. The molecule has 0 radical (unpaired) electrons. The van der Waals surface area contributed by atoms with Gasteiger partial charge in [-0.05, 0) is 42.3 Å². The maximum Gasteiger partial charge on any atom is 0.336 e. The Labute approximate surface area is 169 Å². The van der Waals surface area contributed by atoms with E-state index >= 15 is 0 Å². The van der Waals surface area contributed by atoms with Crippen LogP contribution in [0.2, 0.25) is 5.02 Å². The lowest BCUT2D eigenvalue weighted by molar-refractivity contribution is 0.559. The number of benzene rings is 1. The summed E-state index contributed by atoms with van der Waals surface area (Å²) in [6.45, 7) is 6.21. The highest BCUT2D eigenvalue weighted by atomic mass is 35.5. The first-order valence-corrected chi connectivity index (χ1v) is 9.87. The monoisotopic (exact) mass is 413 g/mol. The molecule has 4 aromatic rings. The van der Waals surface area contributed by atoms with Gasteiger partial charge >= 0.3 is 5.63 Å². The van der Waals surface area contributed by atoms with Gasteiger partial charge in [-0.3, -0.25) is 4.57 Å². The van der Waals surface area contributed by atoms with Crippen molar-refractivity contribution in [2.45, 2.75) is 24.4 Å². The Bertz CT molecular complexity index is 1210. The molecule has 28 heavy (non-hydrogen) atoms. The molecule has 6 nitrogen and oxygen atoms in total. The molecule has 0 N–H and O–H groups in total. The third kappa shape index (κ3) is 3.50. The molecule has 1 aromatic carbocycles.